The van der Waals surface area contributed by atoms with Gasteiger partial charge >= 0.3 is 16.2 Å². The summed E-state index contributed by atoms with van der Waals surface area (Å²) in [5.41, 5.74) is 2.21. The Kier molecular flexibility index (Phi) is 6.19. The lowest BCUT2D eigenvalue weighted by molar-refractivity contribution is -0.0436. The molecule has 1 N–H and O–H groups in total. The Labute approximate surface area is 189 Å². The Bertz CT molecular complexity index is 1130. The fraction of sp³-hybridized carbons (Fsp3) is 0.333. The summed E-state index contributed by atoms with van der Waals surface area (Å²) in [5, 5.41) is 5.93. The van der Waals surface area contributed by atoms with Gasteiger partial charge in [0.25, 0.3) is 5.92 Å². The first kappa shape index (κ1) is 22.6. The molecule has 2 aromatic carbocycles. The second kappa shape index (κ2) is 8.76. The van der Waals surface area contributed by atoms with Crippen molar-refractivity contribution in [1.82, 2.24) is 14.0 Å². The highest BCUT2D eigenvalue weighted by atomic mass is 35.5. The van der Waals surface area contributed by atoms with Crippen LogP contribution in [0, 0.1) is 0 Å². The number of benzene rings is 2. The Morgan fingerprint density at radius 1 is 1.12 bits per heavy atom. The van der Waals surface area contributed by atoms with Crippen molar-refractivity contribution in [3.8, 4) is 0 Å². The van der Waals surface area contributed by atoms with Gasteiger partial charge in [-0.1, -0.05) is 54.1 Å². The smallest absolute Gasteiger partial charge is 0.245 e. The first-order valence-corrected chi connectivity index (χ1v) is 11.8. The standard InChI is InChI=1S/C21H21ClF2N4O3S/c22-17-9-7-16(8-10-17)19-18(15-5-2-1-3-6-15)13-28(25-19)20(29)26-32(30,31)27-12-4-11-21(23,24)14-27/h1-3,5-10,18H,4,11-14H2,(H,26,29). The van der Waals surface area contributed by atoms with Crippen LogP contribution in [0.15, 0.2) is 59.7 Å². The van der Waals surface area contributed by atoms with Crippen LogP contribution in [0.2, 0.25) is 5.02 Å². The van der Waals surface area contributed by atoms with E-state index in [9.17, 15) is 22.0 Å². The number of nitrogens with one attached hydrogen (secondary N) is 1. The van der Waals surface area contributed by atoms with E-state index in [1.165, 1.54) is 0 Å². The van der Waals surface area contributed by atoms with Crippen LogP contribution in [0.4, 0.5) is 13.6 Å². The van der Waals surface area contributed by atoms with Crippen molar-refractivity contribution in [3.63, 3.8) is 0 Å². The quantitative estimate of drug-likeness (QED) is 0.719. The number of hydrazone groups is 1. The van der Waals surface area contributed by atoms with Crippen LogP contribution in [0.1, 0.15) is 29.9 Å². The van der Waals surface area contributed by atoms with E-state index in [2.05, 4.69) is 5.10 Å². The highest BCUT2D eigenvalue weighted by molar-refractivity contribution is 7.87. The van der Waals surface area contributed by atoms with Gasteiger partial charge in [0.1, 0.15) is 0 Å². The average Bonchev–Trinajstić information content (AvgIpc) is 3.20. The summed E-state index contributed by atoms with van der Waals surface area (Å²) in [7, 11) is -4.44. The van der Waals surface area contributed by atoms with Crippen LogP contribution in [-0.2, 0) is 10.2 Å². The van der Waals surface area contributed by atoms with Gasteiger partial charge in [-0.2, -0.15) is 17.8 Å². The van der Waals surface area contributed by atoms with Crippen molar-refractivity contribution in [2.24, 2.45) is 5.10 Å². The monoisotopic (exact) mass is 482 g/mol. The summed E-state index contributed by atoms with van der Waals surface area (Å²) in [6.45, 7) is -0.939. The Hall–Kier alpha value is -2.56. The highest BCUT2D eigenvalue weighted by Crippen LogP contribution is 2.30. The number of hydrogen-bond donors (Lipinski definition) is 1. The van der Waals surface area contributed by atoms with E-state index in [0.29, 0.717) is 15.0 Å². The molecule has 1 atom stereocenters. The molecule has 2 heterocycles. The molecule has 1 saturated heterocycles. The molecule has 32 heavy (non-hydrogen) atoms. The second-order valence-corrected chi connectivity index (χ2v) is 9.85. The molecule has 170 valence electrons. The molecule has 0 aromatic heterocycles. The van der Waals surface area contributed by atoms with Crippen molar-refractivity contribution in [2.75, 3.05) is 19.6 Å². The van der Waals surface area contributed by atoms with E-state index in [-0.39, 0.29) is 31.8 Å². The highest BCUT2D eigenvalue weighted by Gasteiger charge is 2.41. The Morgan fingerprint density at radius 3 is 2.47 bits per heavy atom. The molecule has 7 nitrogen and oxygen atoms in total. The van der Waals surface area contributed by atoms with Crippen molar-refractivity contribution in [3.05, 3.63) is 70.7 Å². The number of urea groups is 1. The van der Waals surface area contributed by atoms with Crippen LogP contribution in [-0.4, -0.2) is 55.0 Å². The lowest BCUT2D eigenvalue weighted by atomic mass is 9.91. The molecule has 0 bridgehead atoms. The first-order chi connectivity index (χ1) is 15.1. The summed E-state index contributed by atoms with van der Waals surface area (Å²) < 4.78 is 54.9. The zero-order valence-electron chi connectivity index (χ0n) is 16.9. The molecule has 11 heteroatoms. The molecule has 0 saturated carbocycles. The van der Waals surface area contributed by atoms with Gasteiger partial charge in [-0.3, -0.25) is 0 Å². The molecule has 2 amide bonds. The Balaban J connectivity index is 1.57. The fourth-order valence-electron chi connectivity index (χ4n) is 3.82. The lowest BCUT2D eigenvalue weighted by Crippen LogP contribution is -2.52. The number of piperidine rings is 1. The lowest BCUT2D eigenvalue weighted by Gasteiger charge is -2.31. The number of carbonyl (C=O) groups excluding carboxylic acids is 1. The van der Waals surface area contributed by atoms with Crippen molar-refractivity contribution >= 4 is 33.6 Å². The largest absolute Gasteiger partial charge is 0.352 e. The summed E-state index contributed by atoms with van der Waals surface area (Å²) in [6.07, 6.45) is -0.368. The number of carbonyl (C=O) groups is 1. The van der Waals surface area contributed by atoms with E-state index in [1.54, 1.807) is 24.3 Å². The SMILES string of the molecule is O=C(NS(=O)(=O)N1CCCC(F)(F)C1)N1CC(c2ccccc2)C(c2ccc(Cl)cc2)=N1. The minimum absolute atomic E-state index is 0.0146. The van der Waals surface area contributed by atoms with Crippen molar-refractivity contribution < 1.29 is 22.0 Å². The van der Waals surface area contributed by atoms with Crippen LogP contribution in [0.25, 0.3) is 0 Å². The summed E-state index contributed by atoms with van der Waals surface area (Å²) in [6, 6.07) is 15.3. The average molecular weight is 483 g/mol. The minimum atomic E-state index is -4.44. The molecule has 0 spiro atoms. The van der Waals surface area contributed by atoms with Crippen molar-refractivity contribution in [1.29, 1.82) is 0 Å². The third-order valence-corrected chi connectivity index (χ3v) is 7.08. The number of alkyl halides is 2. The molecule has 2 aliphatic rings. The number of hydrogen-bond acceptors (Lipinski definition) is 4. The van der Waals surface area contributed by atoms with Crippen molar-refractivity contribution in [2.45, 2.75) is 24.7 Å². The number of amides is 2. The van der Waals surface area contributed by atoms with Crippen LogP contribution >= 0.6 is 11.6 Å². The first-order valence-electron chi connectivity index (χ1n) is 10.0. The zero-order valence-corrected chi connectivity index (χ0v) is 18.5. The number of nitrogens with zero attached hydrogens (tertiary/aromatic N) is 3. The summed E-state index contributed by atoms with van der Waals surface area (Å²) >= 11 is 5.98. The molecule has 0 aliphatic carbocycles. The van der Waals surface area contributed by atoms with E-state index in [0.717, 1.165) is 16.1 Å². The second-order valence-electron chi connectivity index (χ2n) is 7.74. The van der Waals surface area contributed by atoms with Crippen LogP contribution < -0.4 is 4.72 Å². The van der Waals surface area contributed by atoms with Crippen LogP contribution in [0.3, 0.4) is 0 Å². The summed E-state index contributed by atoms with van der Waals surface area (Å²) in [5.74, 6) is -3.42. The summed E-state index contributed by atoms with van der Waals surface area (Å²) in [4.78, 5) is 12.8. The zero-order chi connectivity index (χ0) is 22.9. The van der Waals surface area contributed by atoms with Gasteiger partial charge in [0.2, 0.25) is 0 Å². The molecule has 4 rings (SSSR count). The third-order valence-electron chi connectivity index (χ3n) is 5.40. The molecular weight excluding hydrogens is 462 g/mol. The van der Waals surface area contributed by atoms with Gasteiger partial charge < -0.3 is 0 Å². The molecule has 1 fully saturated rings. The van der Waals surface area contributed by atoms with Gasteiger partial charge in [0.05, 0.1) is 18.8 Å². The maximum absolute atomic E-state index is 13.7. The molecule has 2 aromatic rings. The predicted molar refractivity (Wildman–Crippen MR) is 117 cm³/mol. The van der Waals surface area contributed by atoms with E-state index < -0.39 is 28.7 Å². The molecule has 2 aliphatic heterocycles. The van der Waals surface area contributed by atoms with Gasteiger partial charge in [0.15, 0.2) is 0 Å². The molecular formula is C21H21ClF2N4O3S. The Morgan fingerprint density at radius 2 is 1.81 bits per heavy atom. The maximum Gasteiger partial charge on any atom is 0.352 e. The fourth-order valence-corrected chi connectivity index (χ4v) is 5.13. The third kappa shape index (κ3) is 4.92. The molecule has 1 unspecified atom stereocenters. The topological polar surface area (TPSA) is 82.1 Å². The number of halogens is 3. The van der Waals surface area contributed by atoms with Crippen LogP contribution in [0.5, 0.6) is 0 Å². The van der Waals surface area contributed by atoms with E-state index in [4.69, 9.17) is 11.6 Å². The minimum Gasteiger partial charge on any atom is -0.245 e. The van der Waals surface area contributed by atoms with E-state index in [1.807, 2.05) is 35.1 Å². The normalized spacial score (nSPS) is 21.3. The van der Waals surface area contributed by atoms with Gasteiger partial charge in [0, 0.05) is 23.9 Å². The van der Waals surface area contributed by atoms with Gasteiger partial charge in [-0.15, -0.1) is 0 Å². The van der Waals surface area contributed by atoms with Gasteiger partial charge in [-0.25, -0.2) is 23.3 Å². The predicted octanol–water partition coefficient (Wildman–Crippen LogP) is 3.83. The molecule has 0 radical (unpaired) electrons. The van der Waals surface area contributed by atoms with E-state index >= 15 is 0 Å². The number of rotatable bonds is 4. The van der Waals surface area contributed by atoms with Gasteiger partial charge in [-0.05, 0) is 29.7 Å². The maximum atomic E-state index is 13.7.